The molecule has 0 fully saturated rings. The second-order valence-electron chi connectivity index (χ2n) is 8.66. The average Bonchev–Trinajstić information content (AvgIpc) is 2.66. The molecule has 0 aliphatic carbocycles. The van der Waals surface area contributed by atoms with E-state index >= 15 is 0 Å². The van der Waals surface area contributed by atoms with Crippen LogP contribution in [0.3, 0.4) is 0 Å². The minimum absolute atomic E-state index is 0.0445. The van der Waals surface area contributed by atoms with Gasteiger partial charge in [-0.25, -0.2) is 8.42 Å². The lowest BCUT2D eigenvalue weighted by molar-refractivity contribution is 0.104. The molecule has 0 aliphatic rings. The first-order valence-corrected chi connectivity index (χ1v) is 11.9. The maximum Gasteiger partial charge on any atom is 0.262 e. The molecular weight excluding hydrogens is 394 g/mol. The minimum Gasteiger partial charge on any atom is -0.289 e. The predicted molar refractivity (Wildman–Crippen MR) is 124 cm³/mol. The van der Waals surface area contributed by atoms with Crippen LogP contribution >= 0.6 is 0 Å². The van der Waals surface area contributed by atoms with Crippen LogP contribution in [0, 0.1) is 0 Å². The lowest BCUT2D eigenvalue weighted by Gasteiger charge is -2.23. The molecule has 0 saturated heterocycles. The summed E-state index contributed by atoms with van der Waals surface area (Å²) in [5.74, 6) is 0.153. The van der Waals surface area contributed by atoms with Crippen molar-refractivity contribution in [2.75, 3.05) is 0 Å². The van der Waals surface area contributed by atoms with Gasteiger partial charge in [-0.1, -0.05) is 84.0 Å². The van der Waals surface area contributed by atoms with Crippen molar-refractivity contribution in [3.8, 4) is 0 Å². The fourth-order valence-electron chi connectivity index (χ4n) is 3.37. The first-order valence-electron chi connectivity index (χ1n) is 10.4. The van der Waals surface area contributed by atoms with Crippen LogP contribution in [0.1, 0.15) is 93.3 Å². The zero-order valence-corrected chi connectivity index (χ0v) is 19.8. The Balaban J connectivity index is 2.53. The Hall–Kier alpha value is -2.40. The van der Waals surface area contributed by atoms with Gasteiger partial charge in [-0.15, -0.1) is 0 Å². The molecule has 0 unspecified atom stereocenters. The standard InChI is InChI=1S/C25H33NO3S/c1-16(2)21-14-22(17(3)4)25(23(15-21)18(5)6)30(28,29)26-19(7)13-24(27)20-11-9-8-10-12-20/h8-18,26H,1-7H3/b19-13+. The molecular formula is C25H33NO3S. The van der Waals surface area contributed by atoms with Gasteiger partial charge in [0.2, 0.25) is 0 Å². The topological polar surface area (TPSA) is 63.2 Å². The molecule has 1 N–H and O–H groups in total. The fraction of sp³-hybridized carbons (Fsp3) is 0.400. The third-order valence-electron chi connectivity index (χ3n) is 5.05. The number of carbonyl (C=O) groups is 1. The molecule has 30 heavy (non-hydrogen) atoms. The van der Waals surface area contributed by atoms with Gasteiger partial charge in [0, 0.05) is 17.3 Å². The van der Waals surface area contributed by atoms with Crippen LogP contribution in [-0.4, -0.2) is 14.2 Å². The minimum atomic E-state index is -3.85. The average molecular weight is 428 g/mol. The fourth-order valence-corrected chi connectivity index (χ4v) is 5.17. The van der Waals surface area contributed by atoms with Gasteiger partial charge in [0.25, 0.3) is 10.0 Å². The Morgan fingerprint density at radius 1 is 0.867 bits per heavy atom. The number of benzene rings is 2. The van der Waals surface area contributed by atoms with E-state index in [1.807, 2.05) is 45.9 Å². The van der Waals surface area contributed by atoms with Crippen LogP contribution in [0.2, 0.25) is 0 Å². The summed E-state index contributed by atoms with van der Waals surface area (Å²) in [6.07, 6.45) is 1.33. The molecule has 0 aromatic heterocycles. The van der Waals surface area contributed by atoms with Gasteiger partial charge in [-0.3, -0.25) is 9.52 Å². The lowest BCUT2D eigenvalue weighted by Crippen LogP contribution is -2.26. The van der Waals surface area contributed by atoms with Crippen molar-refractivity contribution in [3.63, 3.8) is 0 Å². The van der Waals surface area contributed by atoms with Gasteiger partial charge < -0.3 is 0 Å². The van der Waals surface area contributed by atoms with E-state index in [2.05, 4.69) is 18.6 Å². The van der Waals surface area contributed by atoms with Crippen molar-refractivity contribution in [2.45, 2.75) is 71.1 Å². The van der Waals surface area contributed by atoms with E-state index in [-0.39, 0.29) is 17.6 Å². The number of allylic oxidation sites excluding steroid dienone is 2. The van der Waals surface area contributed by atoms with Gasteiger partial charge in [0.05, 0.1) is 4.90 Å². The highest BCUT2D eigenvalue weighted by Crippen LogP contribution is 2.35. The van der Waals surface area contributed by atoms with Crippen LogP contribution in [0.5, 0.6) is 0 Å². The van der Waals surface area contributed by atoms with Crippen LogP contribution < -0.4 is 4.72 Å². The van der Waals surface area contributed by atoms with Crippen LogP contribution in [0.4, 0.5) is 0 Å². The second-order valence-corrected chi connectivity index (χ2v) is 10.3. The van der Waals surface area contributed by atoms with Crippen molar-refractivity contribution in [3.05, 3.63) is 76.5 Å². The summed E-state index contributed by atoms with van der Waals surface area (Å²) in [6.45, 7) is 13.8. The molecule has 2 aromatic rings. The Morgan fingerprint density at radius 2 is 1.37 bits per heavy atom. The van der Waals surface area contributed by atoms with Crippen molar-refractivity contribution in [2.24, 2.45) is 0 Å². The number of nitrogens with one attached hydrogen (secondary N) is 1. The summed E-state index contributed by atoms with van der Waals surface area (Å²) in [6, 6.07) is 12.8. The summed E-state index contributed by atoms with van der Waals surface area (Å²) < 4.78 is 29.5. The number of carbonyl (C=O) groups excluding carboxylic acids is 1. The SMILES string of the molecule is C/C(=C\C(=O)c1ccccc1)NS(=O)(=O)c1c(C(C)C)cc(C(C)C)cc1C(C)C. The maximum atomic E-state index is 13.4. The Labute approximate surface area is 181 Å². The zero-order chi connectivity index (χ0) is 22.6. The van der Waals surface area contributed by atoms with E-state index in [1.54, 1.807) is 31.2 Å². The van der Waals surface area contributed by atoms with E-state index in [1.165, 1.54) is 6.08 Å². The quantitative estimate of drug-likeness (QED) is 0.408. The van der Waals surface area contributed by atoms with Gasteiger partial charge in [0.1, 0.15) is 0 Å². The molecule has 0 aliphatic heterocycles. The second kappa shape index (κ2) is 9.61. The summed E-state index contributed by atoms with van der Waals surface area (Å²) in [5, 5.41) is 0. The monoisotopic (exact) mass is 427 g/mol. The molecule has 5 heteroatoms. The molecule has 0 amide bonds. The first kappa shape index (κ1) is 23.9. The highest BCUT2D eigenvalue weighted by molar-refractivity contribution is 7.89. The zero-order valence-electron chi connectivity index (χ0n) is 19.0. The first-order chi connectivity index (χ1) is 13.9. The van der Waals surface area contributed by atoms with E-state index < -0.39 is 10.0 Å². The highest BCUT2D eigenvalue weighted by Gasteiger charge is 2.27. The molecule has 0 saturated carbocycles. The maximum absolute atomic E-state index is 13.4. The number of hydrogen-bond acceptors (Lipinski definition) is 3. The Kier molecular flexibility index (Phi) is 7.64. The van der Waals surface area contributed by atoms with Crippen molar-refractivity contribution >= 4 is 15.8 Å². The van der Waals surface area contributed by atoms with Gasteiger partial charge >= 0.3 is 0 Å². The van der Waals surface area contributed by atoms with Crippen LogP contribution in [0.25, 0.3) is 0 Å². The van der Waals surface area contributed by atoms with Gasteiger partial charge in [0.15, 0.2) is 5.78 Å². The molecule has 162 valence electrons. The molecule has 0 atom stereocenters. The largest absolute Gasteiger partial charge is 0.289 e. The Bertz CT molecular complexity index is 1000. The molecule has 2 aromatic carbocycles. The van der Waals surface area contributed by atoms with Gasteiger partial charge in [-0.05, 0) is 41.4 Å². The van der Waals surface area contributed by atoms with Crippen LogP contribution in [-0.2, 0) is 10.0 Å². The number of ketones is 1. The third-order valence-corrected chi connectivity index (χ3v) is 6.65. The van der Waals surface area contributed by atoms with Crippen molar-refractivity contribution < 1.29 is 13.2 Å². The molecule has 2 rings (SSSR count). The van der Waals surface area contributed by atoms with Crippen molar-refractivity contribution in [1.29, 1.82) is 0 Å². The summed E-state index contributed by atoms with van der Waals surface area (Å²) in [5.41, 5.74) is 3.55. The van der Waals surface area contributed by atoms with E-state index in [4.69, 9.17) is 0 Å². The molecule has 0 spiro atoms. The highest BCUT2D eigenvalue weighted by atomic mass is 32.2. The summed E-state index contributed by atoms with van der Waals surface area (Å²) >= 11 is 0. The number of sulfonamides is 1. The summed E-state index contributed by atoms with van der Waals surface area (Å²) in [4.78, 5) is 12.8. The number of rotatable bonds is 8. The Morgan fingerprint density at radius 3 is 1.80 bits per heavy atom. The predicted octanol–water partition coefficient (Wildman–Crippen LogP) is 6.12. The van der Waals surface area contributed by atoms with E-state index in [0.29, 0.717) is 22.1 Å². The van der Waals surface area contributed by atoms with Crippen molar-refractivity contribution in [1.82, 2.24) is 4.72 Å². The summed E-state index contributed by atoms with van der Waals surface area (Å²) in [7, 11) is -3.85. The molecule has 0 bridgehead atoms. The smallest absolute Gasteiger partial charge is 0.262 e. The van der Waals surface area contributed by atoms with Gasteiger partial charge in [-0.2, -0.15) is 0 Å². The number of hydrogen-bond donors (Lipinski definition) is 1. The lowest BCUT2D eigenvalue weighted by atomic mass is 9.89. The molecule has 0 heterocycles. The molecule has 4 nitrogen and oxygen atoms in total. The van der Waals surface area contributed by atoms with E-state index in [9.17, 15) is 13.2 Å². The third kappa shape index (κ3) is 5.60. The molecule has 0 radical (unpaired) electrons. The normalized spacial score (nSPS) is 12.7. The van der Waals surface area contributed by atoms with E-state index in [0.717, 1.165) is 16.7 Å². The van der Waals surface area contributed by atoms with Crippen LogP contribution in [0.15, 0.2) is 59.1 Å².